The molecule has 6 nitrogen and oxygen atoms in total. The van der Waals surface area contributed by atoms with Gasteiger partial charge in [0.1, 0.15) is 0 Å². The third-order valence-electron chi connectivity index (χ3n) is 3.20. The first-order valence-corrected chi connectivity index (χ1v) is 6.53. The lowest BCUT2D eigenvalue weighted by molar-refractivity contribution is -0.148. The van der Waals surface area contributed by atoms with Crippen molar-refractivity contribution in [3.63, 3.8) is 0 Å². The van der Waals surface area contributed by atoms with Crippen LogP contribution >= 0.6 is 0 Å². The Labute approximate surface area is 108 Å². The van der Waals surface area contributed by atoms with Crippen LogP contribution in [0.1, 0.15) is 26.7 Å². The van der Waals surface area contributed by atoms with Gasteiger partial charge in [0.2, 0.25) is 5.91 Å². The SMILES string of the molecule is CCOC(=O)C(N)C(=O)NC1CCN(CC)CC1. The highest BCUT2D eigenvalue weighted by atomic mass is 16.5. The number of nitrogens with one attached hydrogen (secondary N) is 1. The number of nitrogens with zero attached hydrogens (tertiary/aromatic N) is 1. The van der Waals surface area contributed by atoms with Crippen LogP contribution < -0.4 is 11.1 Å². The van der Waals surface area contributed by atoms with Crippen LogP contribution in [0.4, 0.5) is 0 Å². The highest BCUT2D eigenvalue weighted by Gasteiger charge is 2.27. The maximum Gasteiger partial charge on any atom is 0.332 e. The lowest BCUT2D eigenvalue weighted by atomic mass is 10.0. The summed E-state index contributed by atoms with van der Waals surface area (Å²) in [7, 11) is 0. The highest BCUT2D eigenvalue weighted by Crippen LogP contribution is 2.09. The number of nitrogens with two attached hydrogens (primary N) is 1. The average Bonchev–Trinajstić information content (AvgIpc) is 2.39. The van der Waals surface area contributed by atoms with E-state index in [4.69, 9.17) is 10.5 Å². The Hall–Kier alpha value is -1.14. The number of rotatable bonds is 5. The molecule has 0 bridgehead atoms. The Kier molecular flexibility index (Phi) is 6.07. The van der Waals surface area contributed by atoms with Gasteiger partial charge in [0.05, 0.1) is 6.61 Å². The van der Waals surface area contributed by atoms with Gasteiger partial charge in [0, 0.05) is 19.1 Å². The monoisotopic (exact) mass is 257 g/mol. The molecule has 0 radical (unpaired) electrons. The van der Waals surface area contributed by atoms with E-state index in [1.165, 1.54) is 0 Å². The summed E-state index contributed by atoms with van der Waals surface area (Å²) in [5.74, 6) is -1.11. The maximum absolute atomic E-state index is 11.7. The minimum absolute atomic E-state index is 0.112. The summed E-state index contributed by atoms with van der Waals surface area (Å²) < 4.78 is 4.72. The molecule has 1 heterocycles. The van der Waals surface area contributed by atoms with Gasteiger partial charge >= 0.3 is 5.97 Å². The number of carbonyl (C=O) groups excluding carboxylic acids is 2. The number of piperidine rings is 1. The molecule has 1 fully saturated rings. The van der Waals surface area contributed by atoms with Crippen LogP contribution in [0.3, 0.4) is 0 Å². The number of likely N-dealkylation sites (tertiary alicyclic amines) is 1. The summed E-state index contributed by atoms with van der Waals surface area (Å²) in [5, 5.41) is 2.81. The first-order chi connectivity index (χ1) is 8.58. The summed E-state index contributed by atoms with van der Waals surface area (Å²) in [6, 6.07) is -1.10. The number of hydrogen-bond acceptors (Lipinski definition) is 5. The molecule has 0 aromatic carbocycles. The second-order valence-corrected chi connectivity index (χ2v) is 4.45. The van der Waals surface area contributed by atoms with Gasteiger partial charge in [0.15, 0.2) is 6.04 Å². The fraction of sp³-hybridized carbons (Fsp3) is 0.833. The molecule has 0 spiro atoms. The summed E-state index contributed by atoms with van der Waals surface area (Å²) in [4.78, 5) is 25.4. The Morgan fingerprint density at radius 2 is 2.00 bits per heavy atom. The van der Waals surface area contributed by atoms with Gasteiger partial charge in [0.25, 0.3) is 0 Å². The quantitative estimate of drug-likeness (QED) is 0.511. The van der Waals surface area contributed by atoms with E-state index in [2.05, 4.69) is 17.1 Å². The van der Waals surface area contributed by atoms with Crippen molar-refractivity contribution in [3.05, 3.63) is 0 Å². The predicted octanol–water partition coefficient (Wildman–Crippen LogP) is -0.523. The Morgan fingerprint density at radius 1 is 1.39 bits per heavy atom. The highest BCUT2D eigenvalue weighted by molar-refractivity contribution is 6.01. The number of amides is 1. The fourth-order valence-corrected chi connectivity index (χ4v) is 2.02. The van der Waals surface area contributed by atoms with Crippen molar-refractivity contribution in [1.82, 2.24) is 10.2 Å². The zero-order chi connectivity index (χ0) is 13.5. The van der Waals surface area contributed by atoms with Crippen molar-refractivity contribution in [1.29, 1.82) is 0 Å². The van der Waals surface area contributed by atoms with Crippen molar-refractivity contribution >= 4 is 11.9 Å². The van der Waals surface area contributed by atoms with Crippen LogP contribution in [-0.2, 0) is 14.3 Å². The van der Waals surface area contributed by atoms with E-state index in [1.807, 2.05) is 0 Å². The molecule has 104 valence electrons. The molecule has 0 aliphatic carbocycles. The topological polar surface area (TPSA) is 84.7 Å². The second-order valence-electron chi connectivity index (χ2n) is 4.45. The van der Waals surface area contributed by atoms with E-state index >= 15 is 0 Å². The maximum atomic E-state index is 11.7. The lowest BCUT2D eigenvalue weighted by Gasteiger charge is -2.31. The van der Waals surface area contributed by atoms with Crippen LogP contribution in [0.15, 0.2) is 0 Å². The average molecular weight is 257 g/mol. The number of hydrogen-bond donors (Lipinski definition) is 2. The molecule has 0 aromatic heterocycles. The minimum Gasteiger partial charge on any atom is -0.464 e. The smallest absolute Gasteiger partial charge is 0.332 e. The van der Waals surface area contributed by atoms with Gasteiger partial charge in [-0.2, -0.15) is 0 Å². The molecule has 1 amide bonds. The molecular formula is C12H23N3O3. The fourth-order valence-electron chi connectivity index (χ4n) is 2.02. The van der Waals surface area contributed by atoms with Crippen molar-refractivity contribution in [2.45, 2.75) is 38.8 Å². The van der Waals surface area contributed by atoms with E-state index in [9.17, 15) is 9.59 Å². The summed E-state index contributed by atoms with van der Waals surface area (Å²) >= 11 is 0. The third kappa shape index (κ3) is 4.27. The molecule has 1 aliphatic heterocycles. The van der Waals surface area contributed by atoms with E-state index in [1.54, 1.807) is 6.92 Å². The summed E-state index contributed by atoms with van der Waals surface area (Å²) in [5.41, 5.74) is 5.52. The van der Waals surface area contributed by atoms with Crippen LogP contribution in [0, 0.1) is 0 Å². The Bertz CT molecular complexity index is 288. The van der Waals surface area contributed by atoms with Crippen molar-refractivity contribution in [2.75, 3.05) is 26.2 Å². The van der Waals surface area contributed by atoms with Crippen molar-refractivity contribution < 1.29 is 14.3 Å². The Balaban J connectivity index is 2.34. The van der Waals surface area contributed by atoms with E-state index in [-0.39, 0.29) is 12.6 Å². The standard InChI is InChI=1S/C12H23N3O3/c1-3-15-7-5-9(6-8-15)14-11(16)10(13)12(17)18-4-2/h9-10H,3-8,13H2,1-2H3,(H,14,16). The van der Waals surface area contributed by atoms with Crippen LogP contribution in [-0.4, -0.2) is 55.1 Å². The zero-order valence-electron chi connectivity index (χ0n) is 11.1. The van der Waals surface area contributed by atoms with E-state index < -0.39 is 17.9 Å². The summed E-state index contributed by atoms with van der Waals surface area (Å²) in [6.45, 7) is 7.00. The number of carbonyl (C=O) groups is 2. The Morgan fingerprint density at radius 3 is 2.50 bits per heavy atom. The number of ether oxygens (including phenoxy) is 1. The molecule has 0 saturated carbocycles. The molecule has 1 rings (SSSR count). The molecule has 1 unspecified atom stereocenters. The number of esters is 1. The first-order valence-electron chi connectivity index (χ1n) is 6.53. The molecule has 18 heavy (non-hydrogen) atoms. The van der Waals surface area contributed by atoms with Gasteiger partial charge in [-0.05, 0) is 26.3 Å². The molecule has 1 saturated heterocycles. The van der Waals surface area contributed by atoms with Crippen molar-refractivity contribution in [3.8, 4) is 0 Å². The van der Waals surface area contributed by atoms with E-state index in [0.29, 0.717) is 0 Å². The first kappa shape index (κ1) is 14.9. The van der Waals surface area contributed by atoms with Crippen molar-refractivity contribution in [2.24, 2.45) is 5.73 Å². The molecule has 1 atom stereocenters. The van der Waals surface area contributed by atoms with Crippen LogP contribution in [0.25, 0.3) is 0 Å². The zero-order valence-corrected chi connectivity index (χ0v) is 11.1. The molecule has 1 aliphatic rings. The minimum atomic E-state index is -1.21. The molecule has 3 N–H and O–H groups in total. The van der Waals surface area contributed by atoms with Crippen LogP contribution in [0.5, 0.6) is 0 Å². The molecular weight excluding hydrogens is 234 g/mol. The lowest BCUT2D eigenvalue weighted by Crippen LogP contribution is -2.52. The second kappa shape index (κ2) is 7.33. The van der Waals surface area contributed by atoms with Gasteiger partial charge in [-0.25, -0.2) is 4.79 Å². The van der Waals surface area contributed by atoms with Gasteiger partial charge < -0.3 is 20.7 Å². The van der Waals surface area contributed by atoms with Gasteiger partial charge in [-0.15, -0.1) is 0 Å². The van der Waals surface area contributed by atoms with E-state index in [0.717, 1.165) is 32.5 Å². The normalized spacial score (nSPS) is 19.3. The van der Waals surface area contributed by atoms with Gasteiger partial charge in [-0.1, -0.05) is 6.92 Å². The van der Waals surface area contributed by atoms with Crippen LogP contribution in [0.2, 0.25) is 0 Å². The largest absolute Gasteiger partial charge is 0.464 e. The van der Waals surface area contributed by atoms with Gasteiger partial charge in [-0.3, -0.25) is 4.79 Å². The molecule has 0 aromatic rings. The molecule has 6 heteroatoms. The third-order valence-corrected chi connectivity index (χ3v) is 3.20. The summed E-state index contributed by atoms with van der Waals surface area (Å²) in [6.07, 6.45) is 1.80. The predicted molar refractivity (Wildman–Crippen MR) is 67.9 cm³/mol.